The molecule has 1 aromatic carbocycles. The van der Waals surface area contributed by atoms with Crippen molar-refractivity contribution in [2.24, 2.45) is 11.8 Å². The van der Waals surface area contributed by atoms with E-state index in [-0.39, 0.29) is 23.8 Å². The Hall–Kier alpha value is -2.42. The van der Waals surface area contributed by atoms with Gasteiger partial charge in [-0.3, -0.25) is 14.4 Å². The van der Waals surface area contributed by atoms with E-state index in [0.717, 1.165) is 25.7 Å². The molecule has 35 heavy (non-hydrogen) atoms. The van der Waals surface area contributed by atoms with Crippen LogP contribution in [-0.2, 0) is 23.9 Å². The number of halogens is 1. The van der Waals surface area contributed by atoms with Crippen LogP contribution in [0.25, 0.3) is 0 Å². The zero-order valence-electron chi connectivity index (χ0n) is 19.9. The molecule has 5 rings (SSSR count). The van der Waals surface area contributed by atoms with E-state index in [1.807, 2.05) is 12.2 Å². The summed E-state index contributed by atoms with van der Waals surface area (Å²) in [6.45, 7) is 0.833. The number of rotatable bonds is 8. The molecule has 1 saturated carbocycles. The van der Waals surface area contributed by atoms with Crippen molar-refractivity contribution < 1.29 is 23.9 Å². The number of carbonyl (C=O) groups is 3. The van der Waals surface area contributed by atoms with Crippen molar-refractivity contribution in [3.63, 3.8) is 0 Å². The first kappa shape index (κ1) is 24.3. The lowest BCUT2D eigenvalue weighted by molar-refractivity contribution is -0.141. The van der Waals surface area contributed by atoms with Crippen molar-refractivity contribution in [3.8, 4) is 0 Å². The predicted molar refractivity (Wildman–Crippen MR) is 131 cm³/mol. The zero-order chi connectivity index (χ0) is 24.6. The van der Waals surface area contributed by atoms with E-state index in [9.17, 15) is 14.4 Å². The van der Waals surface area contributed by atoms with Gasteiger partial charge in [-0.15, -0.1) is 0 Å². The highest BCUT2D eigenvalue weighted by Gasteiger charge is 2.72. The second-order valence-corrected chi connectivity index (χ2v) is 10.4. The van der Waals surface area contributed by atoms with Crippen LogP contribution in [0.4, 0.5) is 5.69 Å². The predicted octanol–water partition coefficient (Wildman–Crippen LogP) is 2.91. The second-order valence-electron chi connectivity index (χ2n) is 9.92. The summed E-state index contributed by atoms with van der Waals surface area (Å²) in [5.74, 6) is -2.19. The summed E-state index contributed by atoms with van der Waals surface area (Å²) in [5, 5.41) is 6.66. The monoisotopic (exact) mass is 501 g/mol. The number of methoxy groups -OCH3 is 1. The van der Waals surface area contributed by atoms with Gasteiger partial charge in [-0.1, -0.05) is 43.0 Å². The molecule has 5 atom stereocenters. The molecule has 1 aliphatic carbocycles. The van der Waals surface area contributed by atoms with Crippen LogP contribution in [0.15, 0.2) is 36.4 Å². The van der Waals surface area contributed by atoms with Gasteiger partial charge in [-0.25, -0.2) is 0 Å². The Balaban J connectivity index is 1.41. The summed E-state index contributed by atoms with van der Waals surface area (Å²) in [5.41, 5.74) is -0.551. The summed E-state index contributed by atoms with van der Waals surface area (Å²) >= 11 is 5.96. The number of benzene rings is 1. The van der Waals surface area contributed by atoms with E-state index in [0.29, 0.717) is 30.3 Å². The first-order chi connectivity index (χ1) is 16.9. The van der Waals surface area contributed by atoms with Gasteiger partial charge in [-0.2, -0.15) is 0 Å². The van der Waals surface area contributed by atoms with Gasteiger partial charge < -0.3 is 25.0 Å². The summed E-state index contributed by atoms with van der Waals surface area (Å²) in [6.07, 6.45) is 8.95. The lowest BCUT2D eigenvalue weighted by Gasteiger charge is -2.34. The van der Waals surface area contributed by atoms with Crippen LogP contribution < -0.4 is 10.6 Å². The number of likely N-dealkylation sites (tertiary alicyclic amines) is 1. The van der Waals surface area contributed by atoms with Crippen molar-refractivity contribution in [3.05, 3.63) is 41.4 Å². The van der Waals surface area contributed by atoms with Gasteiger partial charge in [0, 0.05) is 37.0 Å². The largest absolute Gasteiger partial charge is 0.385 e. The van der Waals surface area contributed by atoms with Gasteiger partial charge in [0.15, 0.2) is 0 Å². The van der Waals surface area contributed by atoms with Crippen molar-refractivity contribution in [1.82, 2.24) is 10.2 Å². The Morgan fingerprint density at radius 3 is 2.63 bits per heavy atom. The lowest BCUT2D eigenvalue weighted by atomic mass is 9.74. The van der Waals surface area contributed by atoms with Gasteiger partial charge in [0.1, 0.15) is 11.6 Å². The van der Waals surface area contributed by atoms with Crippen LogP contribution in [0, 0.1) is 11.8 Å². The Labute approximate surface area is 210 Å². The third-order valence-corrected chi connectivity index (χ3v) is 7.99. The van der Waals surface area contributed by atoms with E-state index < -0.39 is 29.6 Å². The van der Waals surface area contributed by atoms with Crippen LogP contribution in [-0.4, -0.2) is 66.7 Å². The highest BCUT2D eigenvalue weighted by molar-refractivity contribution is 6.30. The molecule has 8 nitrogen and oxygen atoms in total. The van der Waals surface area contributed by atoms with Crippen LogP contribution >= 0.6 is 11.6 Å². The molecular weight excluding hydrogens is 470 g/mol. The molecule has 2 bridgehead atoms. The molecule has 1 spiro atoms. The number of fused-ring (bicyclic) bond motifs is 1. The molecule has 2 saturated heterocycles. The number of hydrogen-bond acceptors (Lipinski definition) is 5. The fourth-order valence-electron chi connectivity index (χ4n) is 6.17. The molecule has 4 aliphatic rings. The lowest BCUT2D eigenvalue weighted by Crippen LogP contribution is -2.56. The molecule has 2 N–H and O–H groups in total. The number of carbonyl (C=O) groups excluding carboxylic acids is 3. The van der Waals surface area contributed by atoms with E-state index in [1.165, 1.54) is 6.42 Å². The number of anilines is 1. The average molecular weight is 502 g/mol. The molecule has 3 heterocycles. The molecule has 3 fully saturated rings. The molecule has 9 heteroatoms. The third-order valence-electron chi connectivity index (χ3n) is 7.74. The van der Waals surface area contributed by atoms with E-state index in [2.05, 4.69) is 10.6 Å². The first-order valence-electron chi connectivity index (χ1n) is 12.5. The summed E-state index contributed by atoms with van der Waals surface area (Å²) in [7, 11) is 1.61. The minimum absolute atomic E-state index is 0.106. The maximum atomic E-state index is 13.8. The maximum Gasteiger partial charge on any atom is 0.246 e. The molecule has 0 radical (unpaired) electrons. The van der Waals surface area contributed by atoms with Gasteiger partial charge >= 0.3 is 0 Å². The summed E-state index contributed by atoms with van der Waals surface area (Å²) in [6, 6.07) is 6.11. The van der Waals surface area contributed by atoms with Crippen LogP contribution in [0.1, 0.15) is 38.5 Å². The fourth-order valence-corrected chi connectivity index (χ4v) is 6.30. The Kier molecular flexibility index (Phi) is 6.88. The van der Waals surface area contributed by atoms with Gasteiger partial charge in [0.05, 0.1) is 17.9 Å². The van der Waals surface area contributed by atoms with Crippen LogP contribution in [0.3, 0.4) is 0 Å². The number of nitrogens with zero attached hydrogens (tertiary/aromatic N) is 1. The Bertz CT molecular complexity index is 1010. The minimum Gasteiger partial charge on any atom is -0.385 e. The Morgan fingerprint density at radius 2 is 1.91 bits per heavy atom. The van der Waals surface area contributed by atoms with Crippen molar-refractivity contribution >= 4 is 35.0 Å². The third kappa shape index (κ3) is 4.36. The van der Waals surface area contributed by atoms with Crippen molar-refractivity contribution in [1.29, 1.82) is 0 Å². The first-order valence-corrected chi connectivity index (χ1v) is 12.9. The minimum atomic E-state index is -1.14. The van der Waals surface area contributed by atoms with E-state index >= 15 is 0 Å². The Morgan fingerprint density at radius 1 is 1.17 bits per heavy atom. The summed E-state index contributed by atoms with van der Waals surface area (Å²) in [4.78, 5) is 42.4. The van der Waals surface area contributed by atoms with Gasteiger partial charge in [0.2, 0.25) is 17.7 Å². The molecular formula is C26H32ClN3O5. The highest BCUT2D eigenvalue weighted by Crippen LogP contribution is 2.55. The van der Waals surface area contributed by atoms with Gasteiger partial charge in [-0.05, 0) is 43.5 Å². The number of hydrogen-bond donors (Lipinski definition) is 2. The molecule has 0 unspecified atom stereocenters. The summed E-state index contributed by atoms with van der Waals surface area (Å²) < 4.78 is 11.5. The highest BCUT2D eigenvalue weighted by atomic mass is 35.5. The van der Waals surface area contributed by atoms with Crippen molar-refractivity contribution in [2.45, 2.75) is 62.3 Å². The van der Waals surface area contributed by atoms with Crippen molar-refractivity contribution in [2.75, 3.05) is 25.6 Å². The second kappa shape index (κ2) is 9.91. The average Bonchev–Trinajstić information content (AvgIpc) is 3.49. The molecule has 3 amide bonds. The molecule has 0 aromatic heterocycles. The van der Waals surface area contributed by atoms with Crippen LogP contribution in [0.2, 0.25) is 5.02 Å². The van der Waals surface area contributed by atoms with E-state index in [4.69, 9.17) is 21.1 Å². The van der Waals surface area contributed by atoms with E-state index in [1.54, 1.807) is 36.3 Å². The number of amides is 3. The molecule has 188 valence electrons. The standard InChI is InChI=1S/C26H32ClN3O5/c1-34-15-5-14-30-22(24(32)29-17-6-3-2-4-7-17)26-13-12-19(35-26)20(21(26)25(30)33)23(31)28-18-10-8-16(27)9-11-18/h8-13,17,19-22H,2-7,14-15H2,1H3,(H,28,31)(H,29,32)/t19-,20+,21-,22+,26+/m1/s1. The smallest absolute Gasteiger partial charge is 0.246 e. The maximum absolute atomic E-state index is 13.8. The molecule has 3 aliphatic heterocycles. The van der Waals surface area contributed by atoms with Gasteiger partial charge in [0.25, 0.3) is 0 Å². The normalized spacial score (nSPS) is 31.6. The quantitative estimate of drug-likeness (QED) is 0.421. The zero-order valence-corrected chi connectivity index (χ0v) is 20.6. The SMILES string of the molecule is COCCCN1C(=O)[C@H]2[C@@H](C(=O)Nc3ccc(Cl)cc3)[C@H]3C=C[C@@]2(O3)[C@@H]1C(=O)NC1CCCCC1. The topological polar surface area (TPSA) is 97.0 Å². The molecule has 1 aromatic rings. The van der Waals surface area contributed by atoms with Crippen LogP contribution in [0.5, 0.6) is 0 Å². The fraction of sp³-hybridized carbons (Fsp3) is 0.577. The number of ether oxygens (including phenoxy) is 2. The number of nitrogens with one attached hydrogen (secondary N) is 2.